The van der Waals surface area contributed by atoms with Gasteiger partial charge in [-0.2, -0.15) is 5.10 Å². The van der Waals surface area contributed by atoms with Gasteiger partial charge in [0.15, 0.2) is 5.15 Å². The summed E-state index contributed by atoms with van der Waals surface area (Å²) in [5.41, 5.74) is 0.981. The van der Waals surface area contributed by atoms with Crippen LogP contribution >= 0.6 is 11.6 Å². The Bertz CT molecular complexity index is 360. The Hall–Kier alpha value is -0.710. The van der Waals surface area contributed by atoms with Crippen LogP contribution in [-0.4, -0.2) is 53.7 Å². The van der Waals surface area contributed by atoms with E-state index in [-0.39, 0.29) is 0 Å². The van der Waals surface area contributed by atoms with E-state index in [0.29, 0.717) is 5.15 Å². The van der Waals surface area contributed by atoms with E-state index in [0.717, 1.165) is 24.7 Å². The second kappa shape index (κ2) is 6.45. The van der Waals surface area contributed by atoms with Crippen LogP contribution in [0, 0.1) is 5.92 Å². The molecule has 0 amide bonds. The minimum atomic E-state index is 0.455. The number of halogens is 1. The van der Waals surface area contributed by atoms with Crippen LogP contribution < -0.4 is 0 Å². The summed E-state index contributed by atoms with van der Waals surface area (Å²) >= 11 is 5.73. The normalized spacial score (nSPS) is 18.4. The van der Waals surface area contributed by atoms with E-state index in [2.05, 4.69) is 34.1 Å². The Kier molecular flexibility index (Phi) is 4.92. The fraction of sp³-hybridized carbons (Fsp3) is 0.692. The molecule has 0 bridgehead atoms. The fourth-order valence-corrected chi connectivity index (χ4v) is 2.56. The van der Waals surface area contributed by atoms with Crippen molar-refractivity contribution < 1.29 is 0 Å². The number of hydrogen-bond donors (Lipinski definition) is 0. The molecule has 0 saturated carbocycles. The highest BCUT2D eigenvalue weighted by molar-refractivity contribution is 6.29. The van der Waals surface area contributed by atoms with Gasteiger partial charge in [-0.25, -0.2) is 0 Å². The first-order valence-corrected chi connectivity index (χ1v) is 6.86. The maximum Gasteiger partial charge on any atom is 0.151 e. The Balaban J connectivity index is 1.78. The number of piperidine rings is 1. The largest absolute Gasteiger partial charge is 0.306 e. The molecule has 0 aromatic carbocycles. The van der Waals surface area contributed by atoms with Gasteiger partial charge in [-0.05, 0) is 58.1 Å². The van der Waals surface area contributed by atoms with Crippen molar-refractivity contribution in [2.24, 2.45) is 5.92 Å². The van der Waals surface area contributed by atoms with E-state index in [1.807, 2.05) is 6.07 Å². The molecule has 100 valence electrons. The van der Waals surface area contributed by atoms with Crippen LogP contribution in [0.5, 0.6) is 0 Å². The molecule has 5 heteroatoms. The monoisotopic (exact) mass is 268 g/mol. The zero-order valence-corrected chi connectivity index (χ0v) is 11.9. The summed E-state index contributed by atoms with van der Waals surface area (Å²) in [6, 6.07) is 3.74. The van der Waals surface area contributed by atoms with E-state index in [1.54, 1.807) is 6.07 Å². The fourth-order valence-electron chi connectivity index (χ4n) is 2.45. The summed E-state index contributed by atoms with van der Waals surface area (Å²) in [5, 5.41) is 8.42. The van der Waals surface area contributed by atoms with Crippen molar-refractivity contribution in [1.29, 1.82) is 0 Å². The summed E-state index contributed by atoms with van der Waals surface area (Å²) in [6.07, 6.45) is 2.60. The standard InChI is InChI=1S/C13H21ClN4/c1-17-7-5-11(6-8-17)9-18(2)10-12-3-4-13(14)16-15-12/h3-4,11H,5-10H2,1-2H3. The zero-order chi connectivity index (χ0) is 13.0. The average molecular weight is 269 g/mol. The highest BCUT2D eigenvalue weighted by Gasteiger charge is 2.18. The predicted molar refractivity (Wildman–Crippen MR) is 73.6 cm³/mol. The Morgan fingerprint density at radius 2 is 2.06 bits per heavy atom. The van der Waals surface area contributed by atoms with Gasteiger partial charge in [-0.15, -0.1) is 5.10 Å². The van der Waals surface area contributed by atoms with Gasteiger partial charge in [0.25, 0.3) is 0 Å². The molecule has 0 N–H and O–H groups in total. The topological polar surface area (TPSA) is 32.3 Å². The number of aromatic nitrogens is 2. The molecule has 1 aromatic rings. The van der Waals surface area contributed by atoms with Gasteiger partial charge in [-0.3, -0.25) is 0 Å². The third-order valence-electron chi connectivity index (χ3n) is 3.53. The van der Waals surface area contributed by atoms with E-state index in [4.69, 9.17) is 11.6 Å². The maximum absolute atomic E-state index is 5.73. The summed E-state index contributed by atoms with van der Waals surface area (Å²) in [4.78, 5) is 4.73. The number of hydrogen-bond acceptors (Lipinski definition) is 4. The van der Waals surface area contributed by atoms with Crippen LogP contribution in [0.2, 0.25) is 5.15 Å². The minimum Gasteiger partial charge on any atom is -0.306 e. The van der Waals surface area contributed by atoms with Crippen LogP contribution in [0.25, 0.3) is 0 Å². The van der Waals surface area contributed by atoms with E-state index >= 15 is 0 Å². The van der Waals surface area contributed by atoms with Crippen LogP contribution in [-0.2, 0) is 6.54 Å². The van der Waals surface area contributed by atoms with Crippen LogP contribution in [0.15, 0.2) is 12.1 Å². The molecule has 1 aromatic heterocycles. The molecular formula is C13H21ClN4. The lowest BCUT2D eigenvalue weighted by molar-refractivity contribution is 0.172. The van der Waals surface area contributed by atoms with Gasteiger partial charge < -0.3 is 9.80 Å². The number of nitrogens with zero attached hydrogens (tertiary/aromatic N) is 4. The van der Waals surface area contributed by atoms with E-state index in [9.17, 15) is 0 Å². The smallest absolute Gasteiger partial charge is 0.151 e. The molecule has 2 heterocycles. The first-order chi connectivity index (χ1) is 8.63. The highest BCUT2D eigenvalue weighted by atomic mass is 35.5. The molecule has 0 atom stereocenters. The summed E-state index contributed by atoms with van der Waals surface area (Å²) in [5.74, 6) is 0.812. The van der Waals surface area contributed by atoms with Gasteiger partial charge in [0.1, 0.15) is 0 Å². The second-order valence-electron chi connectivity index (χ2n) is 5.29. The van der Waals surface area contributed by atoms with Gasteiger partial charge >= 0.3 is 0 Å². The summed E-state index contributed by atoms with van der Waals surface area (Å²) in [6.45, 7) is 4.42. The lowest BCUT2D eigenvalue weighted by Crippen LogP contribution is -2.35. The SMILES string of the molecule is CN1CCC(CN(C)Cc2ccc(Cl)nn2)CC1. The van der Waals surface area contributed by atoms with E-state index < -0.39 is 0 Å². The minimum absolute atomic E-state index is 0.455. The molecule has 1 fully saturated rings. The Labute approximate surface area is 114 Å². The van der Waals surface area contributed by atoms with Gasteiger partial charge in [0.05, 0.1) is 5.69 Å². The molecule has 18 heavy (non-hydrogen) atoms. The molecule has 1 aliphatic rings. The van der Waals surface area contributed by atoms with Crippen LogP contribution in [0.3, 0.4) is 0 Å². The summed E-state index contributed by atoms with van der Waals surface area (Å²) in [7, 11) is 4.35. The number of rotatable bonds is 4. The third kappa shape index (κ3) is 4.19. The molecule has 0 unspecified atom stereocenters. The van der Waals surface area contributed by atoms with Crippen LogP contribution in [0.1, 0.15) is 18.5 Å². The lowest BCUT2D eigenvalue weighted by Gasteiger charge is -2.31. The third-order valence-corrected chi connectivity index (χ3v) is 3.73. The zero-order valence-electron chi connectivity index (χ0n) is 11.1. The van der Waals surface area contributed by atoms with Crippen molar-refractivity contribution >= 4 is 11.6 Å². The second-order valence-corrected chi connectivity index (χ2v) is 5.68. The van der Waals surface area contributed by atoms with Crippen LogP contribution in [0.4, 0.5) is 0 Å². The maximum atomic E-state index is 5.73. The van der Waals surface area contributed by atoms with Gasteiger partial charge in [-0.1, -0.05) is 11.6 Å². The van der Waals surface area contributed by atoms with Crippen molar-refractivity contribution in [3.05, 3.63) is 23.0 Å². The first-order valence-electron chi connectivity index (χ1n) is 6.48. The number of likely N-dealkylation sites (tertiary alicyclic amines) is 1. The molecule has 0 radical (unpaired) electrons. The van der Waals surface area contributed by atoms with Gasteiger partial charge in [0.2, 0.25) is 0 Å². The highest BCUT2D eigenvalue weighted by Crippen LogP contribution is 2.17. The summed E-state index contributed by atoms with van der Waals surface area (Å²) < 4.78 is 0. The Morgan fingerprint density at radius 3 is 2.67 bits per heavy atom. The Morgan fingerprint density at radius 1 is 1.33 bits per heavy atom. The quantitative estimate of drug-likeness (QED) is 0.835. The molecule has 0 aliphatic carbocycles. The van der Waals surface area contributed by atoms with Crippen molar-refractivity contribution in [3.8, 4) is 0 Å². The molecule has 1 aliphatic heterocycles. The molecule has 4 nitrogen and oxygen atoms in total. The van der Waals surface area contributed by atoms with Crippen molar-refractivity contribution in [1.82, 2.24) is 20.0 Å². The average Bonchev–Trinajstić information content (AvgIpc) is 2.35. The molecule has 0 spiro atoms. The van der Waals surface area contributed by atoms with E-state index in [1.165, 1.54) is 25.9 Å². The van der Waals surface area contributed by atoms with Crippen molar-refractivity contribution in [3.63, 3.8) is 0 Å². The van der Waals surface area contributed by atoms with Crippen molar-refractivity contribution in [2.45, 2.75) is 19.4 Å². The predicted octanol–water partition coefficient (Wildman–Crippen LogP) is 1.90. The lowest BCUT2D eigenvalue weighted by atomic mass is 9.97. The molecule has 1 saturated heterocycles. The van der Waals surface area contributed by atoms with Crippen molar-refractivity contribution in [2.75, 3.05) is 33.7 Å². The molecule has 2 rings (SSSR count). The van der Waals surface area contributed by atoms with Gasteiger partial charge in [0, 0.05) is 13.1 Å². The first kappa shape index (κ1) is 13.7. The molecular weight excluding hydrogens is 248 g/mol.